The molecule has 3 rings (SSSR count). The van der Waals surface area contributed by atoms with Gasteiger partial charge >= 0.3 is 0 Å². The Kier molecular flexibility index (Phi) is 8.01. The molecule has 0 aromatic heterocycles. The summed E-state index contributed by atoms with van der Waals surface area (Å²) >= 11 is 6.24. The summed E-state index contributed by atoms with van der Waals surface area (Å²) in [6, 6.07) is 3.54. The fourth-order valence-corrected chi connectivity index (χ4v) is 3.60. The zero-order chi connectivity index (χ0) is 18.5. The van der Waals surface area contributed by atoms with E-state index in [1.165, 1.54) is 0 Å². The van der Waals surface area contributed by atoms with Crippen LogP contribution in [0.25, 0.3) is 0 Å². The number of carbonyl (C=O) groups excluding carboxylic acids is 2. The number of carbonyl (C=O) groups is 2. The lowest BCUT2D eigenvalue weighted by Crippen LogP contribution is -2.46. The van der Waals surface area contributed by atoms with E-state index in [1.807, 2.05) is 0 Å². The minimum atomic E-state index is -0.178. The first-order chi connectivity index (χ1) is 12.6. The molecule has 2 amide bonds. The highest BCUT2D eigenvalue weighted by atomic mass is 35.5. The van der Waals surface area contributed by atoms with Crippen molar-refractivity contribution in [3.63, 3.8) is 0 Å². The molecule has 3 N–H and O–H groups in total. The summed E-state index contributed by atoms with van der Waals surface area (Å²) < 4.78 is 11.1. The Hall–Kier alpha value is -1.70. The molecule has 1 unspecified atom stereocenters. The van der Waals surface area contributed by atoms with Gasteiger partial charge in [0.2, 0.25) is 11.8 Å². The number of nitrogens with one attached hydrogen (secondary N) is 1. The van der Waals surface area contributed by atoms with Gasteiger partial charge in [0, 0.05) is 26.2 Å². The number of piperidine rings is 1. The van der Waals surface area contributed by atoms with E-state index in [2.05, 4.69) is 5.32 Å². The minimum Gasteiger partial charge on any atom is -0.486 e. The standard InChI is InChI=1S/C18H24ClN3O4.ClH/c19-14-8-12(9-15-17(14)26-7-6-25-15)10-16(23)22-5-1-2-13(11-22)18(24)21-4-3-20;/h8-9,13H,1-7,10-11,20H2,(H,21,24);1H. The van der Waals surface area contributed by atoms with Gasteiger partial charge in [-0.15, -0.1) is 12.4 Å². The van der Waals surface area contributed by atoms with E-state index in [4.69, 9.17) is 26.8 Å². The first-order valence-corrected chi connectivity index (χ1v) is 9.30. The van der Waals surface area contributed by atoms with E-state index in [0.717, 1.165) is 18.4 Å². The molecule has 0 bridgehead atoms. The van der Waals surface area contributed by atoms with Crippen LogP contribution in [-0.4, -0.2) is 56.1 Å². The van der Waals surface area contributed by atoms with Gasteiger partial charge in [-0.1, -0.05) is 11.6 Å². The Balaban J connectivity index is 0.00000261. The number of nitrogens with zero attached hydrogens (tertiary/aromatic N) is 1. The van der Waals surface area contributed by atoms with Gasteiger partial charge < -0.3 is 25.4 Å². The van der Waals surface area contributed by atoms with E-state index >= 15 is 0 Å². The van der Waals surface area contributed by atoms with Crippen LogP contribution in [0, 0.1) is 5.92 Å². The van der Waals surface area contributed by atoms with Crippen molar-refractivity contribution in [3.8, 4) is 11.5 Å². The average molecular weight is 418 g/mol. The van der Waals surface area contributed by atoms with Crippen molar-refractivity contribution < 1.29 is 19.1 Å². The van der Waals surface area contributed by atoms with Crippen molar-refractivity contribution in [2.45, 2.75) is 19.3 Å². The molecule has 1 aromatic carbocycles. The van der Waals surface area contributed by atoms with Crippen molar-refractivity contribution >= 4 is 35.8 Å². The third-order valence-corrected chi connectivity index (χ3v) is 4.88. The molecule has 2 aliphatic heterocycles. The number of hydrogen-bond donors (Lipinski definition) is 2. The molecule has 0 radical (unpaired) electrons. The smallest absolute Gasteiger partial charge is 0.227 e. The molecule has 2 heterocycles. The van der Waals surface area contributed by atoms with E-state index < -0.39 is 0 Å². The van der Waals surface area contributed by atoms with Gasteiger partial charge in [0.1, 0.15) is 13.2 Å². The molecule has 9 heteroatoms. The van der Waals surface area contributed by atoms with Gasteiger partial charge in [0.25, 0.3) is 0 Å². The summed E-state index contributed by atoms with van der Waals surface area (Å²) in [7, 11) is 0. The number of nitrogens with two attached hydrogens (primary N) is 1. The maximum atomic E-state index is 12.7. The molecule has 1 atom stereocenters. The second-order valence-corrected chi connectivity index (χ2v) is 6.94. The summed E-state index contributed by atoms with van der Waals surface area (Å²) in [5.74, 6) is 0.875. The molecule has 0 saturated carbocycles. The molecular weight excluding hydrogens is 393 g/mol. The first kappa shape index (κ1) is 21.6. The molecule has 0 aliphatic carbocycles. The number of halogens is 2. The molecule has 27 heavy (non-hydrogen) atoms. The average Bonchev–Trinajstić information content (AvgIpc) is 2.66. The predicted molar refractivity (Wildman–Crippen MR) is 105 cm³/mol. The predicted octanol–water partition coefficient (Wildman–Crippen LogP) is 1.39. The summed E-state index contributed by atoms with van der Waals surface area (Å²) in [6.45, 7) is 2.90. The van der Waals surface area contributed by atoms with Gasteiger partial charge in [-0.05, 0) is 30.5 Å². The number of fused-ring (bicyclic) bond motifs is 1. The molecule has 150 valence electrons. The van der Waals surface area contributed by atoms with E-state index in [9.17, 15) is 9.59 Å². The van der Waals surface area contributed by atoms with Crippen molar-refractivity contribution in [1.82, 2.24) is 10.2 Å². The number of rotatable bonds is 5. The molecular formula is C18H25Cl2N3O4. The Morgan fingerprint density at radius 2 is 2.07 bits per heavy atom. The quantitative estimate of drug-likeness (QED) is 0.754. The minimum absolute atomic E-state index is 0. The second-order valence-electron chi connectivity index (χ2n) is 6.54. The highest BCUT2D eigenvalue weighted by molar-refractivity contribution is 6.32. The Morgan fingerprint density at radius 3 is 2.85 bits per heavy atom. The number of hydrogen-bond acceptors (Lipinski definition) is 5. The topological polar surface area (TPSA) is 93.9 Å². The molecule has 1 saturated heterocycles. The first-order valence-electron chi connectivity index (χ1n) is 8.92. The third kappa shape index (κ3) is 5.40. The van der Waals surface area contributed by atoms with Crippen LogP contribution in [0.5, 0.6) is 11.5 Å². The fourth-order valence-electron chi connectivity index (χ4n) is 3.31. The highest BCUT2D eigenvalue weighted by Crippen LogP contribution is 2.38. The molecule has 1 aromatic rings. The van der Waals surface area contributed by atoms with Crippen molar-refractivity contribution in [3.05, 3.63) is 22.7 Å². The number of benzene rings is 1. The number of likely N-dealkylation sites (tertiary alicyclic amines) is 1. The van der Waals surface area contributed by atoms with Crippen LogP contribution in [0.2, 0.25) is 5.02 Å². The van der Waals surface area contributed by atoms with Gasteiger partial charge in [0.15, 0.2) is 11.5 Å². The largest absolute Gasteiger partial charge is 0.486 e. The maximum Gasteiger partial charge on any atom is 0.227 e. The Morgan fingerprint density at radius 1 is 1.30 bits per heavy atom. The van der Waals surface area contributed by atoms with Crippen molar-refractivity contribution in [2.75, 3.05) is 39.4 Å². The second kappa shape index (κ2) is 10.0. The van der Waals surface area contributed by atoms with Crippen LogP contribution in [0.15, 0.2) is 12.1 Å². The monoisotopic (exact) mass is 417 g/mol. The van der Waals surface area contributed by atoms with Crippen molar-refractivity contribution in [1.29, 1.82) is 0 Å². The number of ether oxygens (including phenoxy) is 2. The summed E-state index contributed by atoms with van der Waals surface area (Å²) in [5, 5.41) is 3.25. The van der Waals surface area contributed by atoms with E-state index in [0.29, 0.717) is 55.9 Å². The van der Waals surface area contributed by atoms with Gasteiger partial charge in [-0.25, -0.2) is 0 Å². The fraction of sp³-hybridized carbons (Fsp3) is 0.556. The van der Waals surface area contributed by atoms with Crippen LogP contribution in [-0.2, 0) is 16.0 Å². The van der Waals surface area contributed by atoms with Crippen LogP contribution >= 0.6 is 24.0 Å². The normalized spacial score (nSPS) is 18.4. The third-order valence-electron chi connectivity index (χ3n) is 4.60. The SMILES string of the molecule is Cl.NCCNC(=O)C1CCCN(C(=O)Cc2cc(Cl)c3c(c2)OCCO3)C1. The lowest BCUT2D eigenvalue weighted by Gasteiger charge is -2.32. The van der Waals surface area contributed by atoms with Crippen LogP contribution in [0.3, 0.4) is 0 Å². The molecule has 2 aliphatic rings. The van der Waals surface area contributed by atoms with Crippen LogP contribution in [0.4, 0.5) is 0 Å². The molecule has 7 nitrogen and oxygen atoms in total. The van der Waals surface area contributed by atoms with E-state index in [1.54, 1.807) is 17.0 Å². The lowest BCUT2D eigenvalue weighted by molar-refractivity contribution is -0.135. The van der Waals surface area contributed by atoms with Crippen molar-refractivity contribution in [2.24, 2.45) is 11.7 Å². The van der Waals surface area contributed by atoms with Gasteiger partial charge in [0.05, 0.1) is 17.4 Å². The summed E-state index contributed by atoms with van der Waals surface area (Å²) in [5.41, 5.74) is 6.20. The van der Waals surface area contributed by atoms with Crippen LogP contribution < -0.4 is 20.5 Å². The zero-order valence-electron chi connectivity index (χ0n) is 15.0. The highest BCUT2D eigenvalue weighted by Gasteiger charge is 2.28. The summed E-state index contributed by atoms with van der Waals surface area (Å²) in [4.78, 5) is 26.6. The zero-order valence-corrected chi connectivity index (χ0v) is 16.6. The Labute approximate surface area is 169 Å². The van der Waals surface area contributed by atoms with Gasteiger partial charge in [-0.3, -0.25) is 9.59 Å². The maximum absolute atomic E-state index is 12.7. The Bertz CT molecular complexity index is 687. The van der Waals surface area contributed by atoms with Crippen LogP contribution in [0.1, 0.15) is 18.4 Å². The van der Waals surface area contributed by atoms with Gasteiger partial charge in [-0.2, -0.15) is 0 Å². The van der Waals surface area contributed by atoms with E-state index in [-0.39, 0.29) is 36.6 Å². The molecule has 1 fully saturated rings. The lowest BCUT2D eigenvalue weighted by atomic mass is 9.96. The summed E-state index contributed by atoms with van der Waals surface area (Å²) in [6.07, 6.45) is 1.82. The molecule has 0 spiro atoms. The number of amides is 2.